The fourth-order valence-corrected chi connectivity index (χ4v) is 4.48. The molecule has 0 atom stereocenters. The first kappa shape index (κ1) is 19.6. The lowest BCUT2D eigenvalue weighted by atomic mass is 9.74. The van der Waals surface area contributed by atoms with E-state index in [0.717, 1.165) is 32.7 Å². The van der Waals surface area contributed by atoms with Crippen molar-refractivity contribution in [1.29, 1.82) is 0 Å². The third kappa shape index (κ3) is 3.90. The first-order chi connectivity index (χ1) is 14.5. The van der Waals surface area contributed by atoms with Crippen molar-refractivity contribution in [1.82, 2.24) is 0 Å². The number of fused-ring (bicyclic) bond motifs is 2. The minimum atomic E-state index is -0.994. The molecule has 2 N–H and O–H groups in total. The average Bonchev–Trinajstić information content (AvgIpc) is 2.73. The summed E-state index contributed by atoms with van der Waals surface area (Å²) in [6.45, 7) is 0. The fraction of sp³-hybridized carbons (Fsp3) is 0.154. The van der Waals surface area contributed by atoms with E-state index >= 15 is 0 Å². The lowest BCUT2D eigenvalue weighted by molar-refractivity contribution is -0.140. The number of carbonyl (C=O) groups is 2. The topological polar surface area (TPSA) is 74.6 Å². The molecule has 0 radical (unpaired) electrons. The summed E-state index contributed by atoms with van der Waals surface area (Å²) >= 11 is 0. The molecule has 0 amide bonds. The number of benzene rings is 4. The Bertz CT molecular complexity index is 1120. The molecule has 0 saturated heterocycles. The second kappa shape index (κ2) is 8.37. The van der Waals surface area contributed by atoms with Gasteiger partial charge in [-0.15, -0.1) is 0 Å². The maximum atomic E-state index is 11.7. The van der Waals surface area contributed by atoms with Crippen LogP contribution < -0.4 is 0 Å². The quantitative estimate of drug-likeness (QED) is 0.419. The van der Waals surface area contributed by atoms with E-state index < -0.39 is 17.9 Å². The Morgan fingerprint density at radius 1 is 0.600 bits per heavy atom. The molecular weight excluding hydrogens is 376 g/mol. The van der Waals surface area contributed by atoms with Crippen molar-refractivity contribution in [3.05, 3.63) is 96.1 Å². The highest BCUT2D eigenvalue weighted by Gasteiger charge is 2.31. The Hall–Kier alpha value is -3.66. The Morgan fingerprint density at radius 2 is 1.00 bits per heavy atom. The van der Waals surface area contributed by atoms with E-state index in [0.29, 0.717) is 0 Å². The van der Waals surface area contributed by atoms with Gasteiger partial charge in [0, 0.05) is 18.8 Å². The molecule has 150 valence electrons. The molecule has 30 heavy (non-hydrogen) atoms. The van der Waals surface area contributed by atoms with E-state index in [2.05, 4.69) is 0 Å². The summed E-state index contributed by atoms with van der Waals surface area (Å²) in [4.78, 5) is 23.4. The highest BCUT2D eigenvalue weighted by atomic mass is 16.4. The first-order valence-corrected chi connectivity index (χ1v) is 9.93. The fourth-order valence-electron chi connectivity index (χ4n) is 4.48. The summed E-state index contributed by atoms with van der Waals surface area (Å²) < 4.78 is 0. The van der Waals surface area contributed by atoms with Gasteiger partial charge < -0.3 is 10.2 Å². The predicted octanol–water partition coefficient (Wildman–Crippen LogP) is 5.69. The van der Waals surface area contributed by atoms with Gasteiger partial charge in [0.1, 0.15) is 0 Å². The summed E-state index contributed by atoms with van der Waals surface area (Å²) in [6, 6.07) is 27.8. The molecule has 0 bridgehead atoms. The SMILES string of the molecule is O=C(O)CC(CC(=O)O)C(c1cccc2ccccc12)c1cccc2ccccc12. The van der Waals surface area contributed by atoms with Crippen LogP contribution in [0.4, 0.5) is 0 Å². The van der Waals surface area contributed by atoms with Crippen molar-refractivity contribution in [3.8, 4) is 0 Å². The number of aliphatic carboxylic acids is 2. The third-order valence-electron chi connectivity index (χ3n) is 5.66. The molecule has 0 aliphatic carbocycles. The van der Waals surface area contributed by atoms with Gasteiger partial charge in [-0.1, -0.05) is 84.9 Å². The van der Waals surface area contributed by atoms with Crippen molar-refractivity contribution in [2.24, 2.45) is 5.92 Å². The molecule has 4 aromatic carbocycles. The van der Waals surface area contributed by atoms with E-state index in [-0.39, 0.29) is 18.8 Å². The summed E-state index contributed by atoms with van der Waals surface area (Å²) in [6.07, 6.45) is -0.438. The Balaban J connectivity index is 2.01. The highest BCUT2D eigenvalue weighted by Crippen LogP contribution is 2.42. The van der Waals surface area contributed by atoms with Gasteiger partial charge in [-0.25, -0.2) is 0 Å². The number of hydrogen-bond acceptors (Lipinski definition) is 2. The molecule has 0 aliphatic rings. The molecule has 4 aromatic rings. The number of carboxylic acids is 2. The number of carboxylic acid groups (broad SMARTS) is 2. The van der Waals surface area contributed by atoms with E-state index in [1.807, 2.05) is 84.9 Å². The molecule has 4 rings (SSSR count). The van der Waals surface area contributed by atoms with Gasteiger partial charge >= 0.3 is 11.9 Å². The standard InChI is InChI=1S/C26H22O4/c27-24(28)15-19(16-25(29)30)26(22-13-5-9-17-7-1-3-11-20(17)22)23-14-6-10-18-8-2-4-12-21(18)23/h1-14,19,26H,15-16H2,(H,27,28)(H,29,30). The van der Waals surface area contributed by atoms with E-state index in [1.54, 1.807) is 0 Å². The molecule has 0 heterocycles. The van der Waals surface area contributed by atoms with E-state index in [4.69, 9.17) is 0 Å². The van der Waals surface area contributed by atoms with Crippen molar-refractivity contribution < 1.29 is 19.8 Å². The van der Waals surface area contributed by atoms with Crippen LogP contribution in [0.1, 0.15) is 29.9 Å². The molecule has 0 unspecified atom stereocenters. The monoisotopic (exact) mass is 398 g/mol. The van der Waals surface area contributed by atoms with Crippen LogP contribution in [0.3, 0.4) is 0 Å². The molecule has 0 fully saturated rings. The van der Waals surface area contributed by atoms with E-state index in [1.165, 1.54) is 0 Å². The van der Waals surface area contributed by atoms with Crippen LogP contribution in [-0.4, -0.2) is 22.2 Å². The molecule has 0 aliphatic heterocycles. The second-order valence-electron chi connectivity index (χ2n) is 7.57. The molecule has 4 nitrogen and oxygen atoms in total. The Labute approximate surface area is 174 Å². The lowest BCUT2D eigenvalue weighted by Crippen LogP contribution is -2.22. The van der Waals surface area contributed by atoms with Gasteiger partial charge in [0.25, 0.3) is 0 Å². The maximum Gasteiger partial charge on any atom is 0.303 e. The summed E-state index contributed by atoms with van der Waals surface area (Å²) in [5.41, 5.74) is 1.91. The Kier molecular flexibility index (Phi) is 5.48. The van der Waals surface area contributed by atoms with Crippen LogP contribution in [0, 0.1) is 5.92 Å². The molecule has 0 spiro atoms. The van der Waals surface area contributed by atoms with Gasteiger partial charge in [0.15, 0.2) is 0 Å². The predicted molar refractivity (Wildman–Crippen MR) is 118 cm³/mol. The Morgan fingerprint density at radius 3 is 1.43 bits per heavy atom. The summed E-state index contributed by atoms with van der Waals surface area (Å²) in [5.74, 6) is -2.94. The van der Waals surface area contributed by atoms with Gasteiger partial charge in [-0.3, -0.25) is 9.59 Å². The second-order valence-corrected chi connectivity index (χ2v) is 7.57. The highest BCUT2D eigenvalue weighted by molar-refractivity contribution is 5.90. The van der Waals surface area contributed by atoms with Gasteiger partial charge in [0.2, 0.25) is 0 Å². The van der Waals surface area contributed by atoms with Crippen molar-refractivity contribution >= 4 is 33.5 Å². The van der Waals surface area contributed by atoms with Crippen molar-refractivity contribution in [2.75, 3.05) is 0 Å². The molecule has 0 saturated carbocycles. The zero-order chi connectivity index (χ0) is 21.1. The zero-order valence-corrected chi connectivity index (χ0v) is 16.4. The minimum absolute atomic E-state index is 0.219. The normalized spacial score (nSPS) is 11.4. The van der Waals surface area contributed by atoms with Crippen LogP contribution in [0.25, 0.3) is 21.5 Å². The van der Waals surface area contributed by atoms with Gasteiger partial charge in [0.05, 0.1) is 0 Å². The smallest absolute Gasteiger partial charge is 0.303 e. The van der Waals surface area contributed by atoms with Crippen LogP contribution in [0.2, 0.25) is 0 Å². The minimum Gasteiger partial charge on any atom is -0.481 e. The zero-order valence-electron chi connectivity index (χ0n) is 16.4. The van der Waals surface area contributed by atoms with Crippen molar-refractivity contribution in [2.45, 2.75) is 18.8 Å². The maximum absolute atomic E-state index is 11.7. The molecule has 4 heteroatoms. The van der Waals surface area contributed by atoms with Gasteiger partial charge in [-0.05, 0) is 38.6 Å². The first-order valence-electron chi connectivity index (χ1n) is 9.93. The number of hydrogen-bond donors (Lipinski definition) is 2. The van der Waals surface area contributed by atoms with Gasteiger partial charge in [-0.2, -0.15) is 0 Å². The molecular formula is C26H22O4. The van der Waals surface area contributed by atoms with Crippen LogP contribution >= 0.6 is 0 Å². The van der Waals surface area contributed by atoms with Crippen molar-refractivity contribution in [3.63, 3.8) is 0 Å². The number of rotatable bonds is 7. The lowest BCUT2D eigenvalue weighted by Gasteiger charge is -2.28. The average molecular weight is 398 g/mol. The summed E-state index contributed by atoms with van der Waals surface area (Å²) in [5, 5.41) is 23.3. The molecule has 0 aromatic heterocycles. The van der Waals surface area contributed by atoms with E-state index in [9.17, 15) is 19.8 Å². The largest absolute Gasteiger partial charge is 0.481 e. The van der Waals surface area contributed by atoms with Crippen LogP contribution in [0.15, 0.2) is 84.9 Å². The third-order valence-corrected chi connectivity index (χ3v) is 5.66. The van der Waals surface area contributed by atoms with Crippen LogP contribution in [-0.2, 0) is 9.59 Å². The van der Waals surface area contributed by atoms with Crippen LogP contribution in [0.5, 0.6) is 0 Å². The summed E-state index contributed by atoms with van der Waals surface area (Å²) in [7, 11) is 0.